The Morgan fingerprint density at radius 3 is 2.46 bits per heavy atom. The SMILES string of the molecule is CC(=O)OC1OC(CO)C(O)C1O. The predicted molar refractivity (Wildman–Crippen MR) is 39.5 cm³/mol. The third-order valence-corrected chi connectivity index (χ3v) is 1.78. The van der Waals surface area contributed by atoms with Crippen LogP contribution in [-0.4, -0.2) is 52.5 Å². The fraction of sp³-hybridized carbons (Fsp3) is 0.857. The number of hydrogen-bond acceptors (Lipinski definition) is 6. The summed E-state index contributed by atoms with van der Waals surface area (Å²) >= 11 is 0. The molecule has 0 aromatic heterocycles. The van der Waals surface area contributed by atoms with Crippen LogP contribution in [0.25, 0.3) is 0 Å². The molecule has 0 radical (unpaired) electrons. The average Bonchev–Trinajstić information content (AvgIpc) is 2.32. The van der Waals surface area contributed by atoms with Crippen LogP contribution < -0.4 is 0 Å². The highest BCUT2D eigenvalue weighted by molar-refractivity contribution is 5.66. The van der Waals surface area contributed by atoms with E-state index in [0.717, 1.165) is 6.92 Å². The second-order valence-corrected chi connectivity index (χ2v) is 2.82. The number of rotatable bonds is 2. The molecule has 6 nitrogen and oxygen atoms in total. The number of aliphatic hydroxyl groups excluding tert-OH is 3. The Balaban J connectivity index is 2.55. The van der Waals surface area contributed by atoms with Crippen molar-refractivity contribution < 1.29 is 29.6 Å². The first-order valence-corrected chi connectivity index (χ1v) is 3.86. The van der Waals surface area contributed by atoms with Gasteiger partial charge in [0.25, 0.3) is 0 Å². The van der Waals surface area contributed by atoms with Crippen LogP contribution in [0.3, 0.4) is 0 Å². The summed E-state index contributed by atoms with van der Waals surface area (Å²) in [6.45, 7) is 0.727. The maximum Gasteiger partial charge on any atom is 0.305 e. The van der Waals surface area contributed by atoms with Crippen LogP contribution in [0.15, 0.2) is 0 Å². The van der Waals surface area contributed by atoms with Gasteiger partial charge in [-0.2, -0.15) is 0 Å². The maximum absolute atomic E-state index is 10.5. The molecule has 13 heavy (non-hydrogen) atoms. The number of esters is 1. The molecule has 0 amide bonds. The van der Waals surface area contributed by atoms with Gasteiger partial charge in [-0.3, -0.25) is 4.79 Å². The molecule has 76 valence electrons. The van der Waals surface area contributed by atoms with Gasteiger partial charge in [-0.05, 0) is 0 Å². The quantitative estimate of drug-likeness (QED) is 0.437. The predicted octanol–water partition coefficient (Wildman–Crippen LogP) is -2.01. The summed E-state index contributed by atoms with van der Waals surface area (Å²) in [5.41, 5.74) is 0. The molecule has 1 fully saturated rings. The fourth-order valence-electron chi connectivity index (χ4n) is 1.13. The lowest BCUT2D eigenvalue weighted by atomic mass is 10.1. The molecule has 1 aliphatic heterocycles. The van der Waals surface area contributed by atoms with Crippen LogP contribution in [0.4, 0.5) is 0 Å². The van der Waals surface area contributed by atoms with Crippen molar-refractivity contribution in [1.82, 2.24) is 0 Å². The van der Waals surface area contributed by atoms with Gasteiger partial charge in [-0.15, -0.1) is 0 Å². The normalized spacial score (nSPS) is 39.1. The Morgan fingerprint density at radius 2 is 2.08 bits per heavy atom. The minimum atomic E-state index is -1.30. The Hall–Kier alpha value is -0.690. The van der Waals surface area contributed by atoms with Gasteiger partial charge in [0.15, 0.2) is 0 Å². The van der Waals surface area contributed by atoms with Crippen molar-refractivity contribution in [2.75, 3.05) is 6.61 Å². The van der Waals surface area contributed by atoms with Crippen LogP contribution >= 0.6 is 0 Å². The number of carbonyl (C=O) groups excluding carboxylic acids is 1. The standard InChI is InChI=1S/C7H12O6/c1-3(9)12-7-6(11)5(10)4(2-8)13-7/h4-8,10-11H,2H2,1H3. The van der Waals surface area contributed by atoms with Gasteiger partial charge in [-0.1, -0.05) is 0 Å². The van der Waals surface area contributed by atoms with E-state index in [-0.39, 0.29) is 0 Å². The molecular weight excluding hydrogens is 180 g/mol. The van der Waals surface area contributed by atoms with Crippen molar-refractivity contribution in [3.63, 3.8) is 0 Å². The van der Waals surface area contributed by atoms with Crippen molar-refractivity contribution in [2.45, 2.75) is 31.5 Å². The van der Waals surface area contributed by atoms with Crippen LogP contribution in [0.1, 0.15) is 6.92 Å². The molecule has 0 saturated carbocycles. The third-order valence-electron chi connectivity index (χ3n) is 1.78. The molecule has 1 rings (SSSR count). The molecule has 0 spiro atoms. The summed E-state index contributed by atoms with van der Waals surface area (Å²) in [5.74, 6) is -0.616. The lowest BCUT2D eigenvalue weighted by Crippen LogP contribution is -2.35. The molecule has 3 N–H and O–H groups in total. The third kappa shape index (κ3) is 2.16. The zero-order chi connectivity index (χ0) is 10.0. The number of aliphatic hydroxyl groups is 3. The highest BCUT2D eigenvalue weighted by Crippen LogP contribution is 2.21. The lowest BCUT2D eigenvalue weighted by molar-refractivity contribution is -0.187. The lowest BCUT2D eigenvalue weighted by Gasteiger charge is -2.13. The summed E-state index contributed by atoms with van der Waals surface area (Å²) in [4.78, 5) is 10.5. The summed E-state index contributed by atoms with van der Waals surface area (Å²) in [7, 11) is 0. The number of ether oxygens (including phenoxy) is 2. The monoisotopic (exact) mass is 192 g/mol. The van der Waals surface area contributed by atoms with E-state index in [1.54, 1.807) is 0 Å². The van der Waals surface area contributed by atoms with Gasteiger partial charge >= 0.3 is 5.97 Å². The Morgan fingerprint density at radius 1 is 1.46 bits per heavy atom. The molecule has 6 heteroatoms. The summed E-state index contributed by atoms with van der Waals surface area (Å²) in [6, 6.07) is 0. The second kappa shape index (κ2) is 4.01. The number of hydrogen-bond donors (Lipinski definition) is 3. The van der Waals surface area contributed by atoms with Gasteiger partial charge in [0.2, 0.25) is 6.29 Å². The van der Waals surface area contributed by atoms with E-state index < -0.39 is 37.2 Å². The van der Waals surface area contributed by atoms with E-state index in [2.05, 4.69) is 4.74 Å². The summed E-state index contributed by atoms with van der Waals surface area (Å²) in [6.07, 6.45) is -4.63. The van der Waals surface area contributed by atoms with Gasteiger partial charge in [0.1, 0.15) is 18.3 Å². The van der Waals surface area contributed by atoms with Crippen LogP contribution in [0, 0.1) is 0 Å². The highest BCUT2D eigenvalue weighted by atomic mass is 16.7. The van der Waals surface area contributed by atoms with E-state index in [9.17, 15) is 15.0 Å². The zero-order valence-corrected chi connectivity index (χ0v) is 7.08. The topological polar surface area (TPSA) is 96.2 Å². The minimum absolute atomic E-state index is 0.435. The summed E-state index contributed by atoms with van der Waals surface area (Å²) in [5, 5.41) is 27.1. The molecular formula is C7H12O6. The van der Waals surface area contributed by atoms with Gasteiger partial charge < -0.3 is 24.8 Å². The van der Waals surface area contributed by atoms with Crippen molar-refractivity contribution in [3.8, 4) is 0 Å². The molecule has 0 aliphatic carbocycles. The van der Waals surface area contributed by atoms with E-state index in [4.69, 9.17) is 9.84 Å². The molecule has 4 atom stereocenters. The molecule has 1 saturated heterocycles. The molecule has 1 aliphatic rings. The van der Waals surface area contributed by atoms with E-state index in [1.807, 2.05) is 0 Å². The van der Waals surface area contributed by atoms with Crippen LogP contribution in [0.5, 0.6) is 0 Å². The molecule has 0 aromatic rings. The Kier molecular flexibility index (Phi) is 3.21. The summed E-state index contributed by atoms with van der Waals surface area (Å²) < 4.78 is 9.40. The van der Waals surface area contributed by atoms with Crippen LogP contribution in [-0.2, 0) is 14.3 Å². The van der Waals surface area contributed by atoms with Gasteiger partial charge in [0, 0.05) is 6.92 Å². The van der Waals surface area contributed by atoms with Crippen molar-refractivity contribution in [1.29, 1.82) is 0 Å². The molecule has 4 unspecified atom stereocenters. The molecule has 0 aromatic carbocycles. The molecule has 0 bridgehead atoms. The maximum atomic E-state index is 10.5. The first-order valence-electron chi connectivity index (χ1n) is 3.86. The first kappa shape index (κ1) is 10.4. The fourth-order valence-corrected chi connectivity index (χ4v) is 1.13. The average molecular weight is 192 g/mol. The van der Waals surface area contributed by atoms with Crippen molar-refractivity contribution in [3.05, 3.63) is 0 Å². The Bertz CT molecular complexity index is 193. The van der Waals surface area contributed by atoms with E-state index in [1.165, 1.54) is 0 Å². The Labute approximate surface area is 74.7 Å². The number of carbonyl (C=O) groups is 1. The molecule has 1 heterocycles. The van der Waals surface area contributed by atoms with Gasteiger partial charge in [0.05, 0.1) is 6.61 Å². The van der Waals surface area contributed by atoms with Crippen LogP contribution in [0.2, 0.25) is 0 Å². The van der Waals surface area contributed by atoms with E-state index >= 15 is 0 Å². The van der Waals surface area contributed by atoms with Gasteiger partial charge in [-0.25, -0.2) is 0 Å². The second-order valence-electron chi connectivity index (χ2n) is 2.82. The first-order chi connectivity index (χ1) is 6.06. The van der Waals surface area contributed by atoms with Crippen molar-refractivity contribution in [2.24, 2.45) is 0 Å². The van der Waals surface area contributed by atoms with E-state index in [0.29, 0.717) is 0 Å². The smallest absolute Gasteiger partial charge is 0.305 e. The largest absolute Gasteiger partial charge is 0.433 e. The zero-order valence-electron chi connectivity index (χ0n) is 7.08. The highest BCUT2D eigenvalue weighted by Gasteiger charge is 2.44. The van der Waals surface area contributed by atoms with Crippen molar-refractivity contribution >= 4 is 5.97 Å². The minimum Gasteiger partial charge on any atom is -0.433 e.